The molecule has 1 N–H and O–H groups in total. The third-order valence-corrected chi connectivity index (χ3v) is 3.70. The molecule has 0 radical (unpaired) electrons. The normalized spacial score (nSPS) is 15.0. The van der Waals surface area contributed by atoms with Crippen LogP contribution in [0.1, 0.15) is 44.7 Å². The van der Waals surface area contributed by atoms with E-state index in [0.29, 0.717) is 18.9 Å². The van der Waals surface area contributed by atoms with E-state index in [0.717, 1.165) is 12.2 Å². The van der Waals surface area contributed by atoms with Gasteiger partial charge in [0, 0.05) is 6.54 Å². The van der Waals surface area contributed by atoms with Gasteiger partial charge >= 0.3 is 0 Å². The average molecular weight is 275 g/mol. The summed E-state index contributed by atoms with van der Waals surface area (Å²) in [6, 6.07) is 6.22. The molecule has 0 spiro atoms. The number of fused-ring (bicyclic) bond motifs is 1. The summed E-state index contributed by atoms with van der Waals surface area (Å²) in [7, 11) is 0. The topological polar surface area (TPSA) is 38.3 Å². The van der Waals surface area contributed by atoms with Crippen molar-refractivity contribution in [1.82, 2.24) is 5.32 Å². The van der Waals surface area contributed by atoms with Gasteiger partial charge in [0.1, 0.15) is 5.75 Å². The Kier molecular flexibility index (Phi) is 5.05. The molecule has 1 amide bonds. The number of carbonyl (C=O) groups excluding carboxylic acids is 1. The number of benzene rings is 1. The van der Waals surface area contributed by atoms with E-state index < -0.39 is 6.10 Å². The first-order valence-electron chi connectivity index (χ1n) is 7.66. The SMILES string of the molecule is CCC(Oc1ccc2c(c1)CCC2)C(=O)NCC(C)C. The van der Waals surface area contributed by atoms with Crippen LogP contribution in [0.3, 0.4) is 0 Å². The van der Waals surface area contributed by atoms with Crippen molar-refractivity contribution in [1.29, 1.82) is 0 Å². The van der Waals surface area contributed by atoms with Gasteiger partial charge in [-0.15, -0.1) is 0 Å². The smallest absolute Gasteiger partial charge is 0.261 e. The van der Waals surface area contributed by atoms with E-state index in [-0.39, 0.29) is 5.91 Å². The second kappa shape index (κ2) is 6.78. The van der Waals surface area contributed by atoms with Crippen molar-refractivity contribution in [3.63, 3.8) is 0 Å². The minimum absolute atomic E-state index is 0.0123. The Morgan fingerprint density at radius 2 is 2.05 bits per heavy atom. The molecule has 3 heteroatoms. The molecular formula is C17H25NO2. The van der Waals surface area contributed by atoms with E-state index in [1.165, 1.54) is 24.0 Å². The van der Waals surface area contributed by atoms with Crippen LogP contribution in [0.2, 0.25) is 0 Å². The monoisotopic (exact) mass is 275 g/mol. The molecule has 2 rings (SSSR count). The highest BCUT2D eigenvalue weighted by Crippen LogP contribution is 2.26. The number of carbonyl (C=O) groups is 1. The van der Waals surface area contributed by atoms with Crippen molar-refractivity contribution in [2.45, 2.75) is 52.6 Å². The van der Waals surface area contributed by atoms with Crippen molar-refractivity contribution >= 4 is 5.91 Å². The Hall–Kier alpha value is -1.51. The molecule has 0 saturated carbocycles. The lowest BCUT2D eigenvalue weighted by Gasteiger charge is -2.18. The van der Waals surface area contributed by atoms with Crippen molar-refractivity contribution in [3.8, 4) is 5.75 Å². The lowest BCUT2D eigenvalue weighted by atomic mass is 10.1. The van der Waals surface area contributed by atoms with Crippen LogP contribution in [0, 0.1) is 5.92 Å². The minimum Gasteiger partial charge on any atom is -0.481 e. The predicted molar refractivity (Wildman–Crippen MR) is 81.0 cm³/mol. The molecule has 3 nitrogen and oxygen atoms in total. The first kappa shape index (κ1) is 14.9. The first-order valence-corrected chi connectivity index (χ1v) is 7.66. The van der Waals surface area contributed by atoms with E-state index in [4.69, 9.17) is 4.74 Å². The molecule has 0 saturated heterocycles. The third kappa shape index (κ3) is 3.75. The molecule has 1 aromatic carbocycles. The summed E-state index contributed by atoms with van der Waals surface area (Å²) in [5, 5.41) is 2.94. The Labute approximate surface area is 121 Å². The number of nitrogens with one attached hydrogen (secondary N) is 1. The van der Waals surface area contributed by atoms with Crippen molar-refractivity contribution < 1.29 is 9.53 Å². The molecule has 20 heavy (non-hydrogen) atoms. The highest BCUT2D eigenvalue weighted by molar-refractivity contribution is 5.81. The van der Waals surface area contributed by atoms with Gasteiger partial charge < -0.3 is 10.1 Å². The fourth-order valence-electron chi connectivity index (χ4n) is 2.53. The van der Waals surface area contributed by atoms with Crippen molar-refractivity contribution in [3.05, 3.63) is 29.3 Å². The lowest BCUT2D eigenvalue weighted by molar-refractivity contribution is -0.128. The standard InChI is InChI=1S/C17H25NO2/c1-4-16(17(19)18-11-12(2)3)20-15-9-8-13-6-5-7-14(13)10-15/h8-10,12,16H,4-7,11H2,1-3H3,(H,18,19). The zero-order valence-electron chi connectivity index (χ0n) is 12.7. The fraction of sp³-hybridized carbons (Fsp3) is 0.588. The molecule has 1 unspecified atom stereocenters. The molecule has 0 bridgehead atoms. The van der Waals surface area contributed by atoms with Crippen LogP contribution >= 0.6 is 0 Å². The molecule has 0 heterocycles. The molecule has 0 aliphatic heterocycles. The number of hydrogen-bond donors (Lipinski definition) is 1. The summed E-state index contributed by atoms with van der Waals surface area (Å²) in [4.78, 5) is 12.1. The predicted octanol–water partition coefficient (Wildman–Crippen LogP) is 3.10. The molecule has 110 valence electrons. The minimum atomic E-state index is -0.395. The van der Waals surface area contributed by atoms with Gasteiger partial charge in [-0.2, -0.15) is 0 Å². The Bertz CT molecular complexity index is 468. The van der Waals surface area contributed by atoms with Gasteiger partial charge in [0.05, 0.1) is 0 Å². The molecule has 1 aromatic rings. The molecule has 1 aliphatic carbocycles. The molecular weight excluding hydrogens is 250 g/mol. The zero-order chi connectivity index (χ0) is 14.5. The molecule has 1 atom stereocenters. The van der Waals surface area contributed by atoms with Crippen LogP contribution in [-0.4, -0.2) is 18.6 Å². The van der Waals surface area contributed by atoms with Crippen LogP contribution < -0.4 is 10.1 Å². The van der Waals surface area contributed by atoms with Crippen LogP contribution in [0.15, 0.2) is 18.2 Å². The Balaban J connectivity index is 1.97. The van der Waals surface area contributed by atoms with Gasteiger partial charge in [-0.25, -0.2) is 0 Å². The highest BCUT2D eigenvalue weighted by atomic mass is 16.5. The second-order valence-corrected chi connectivity index (χ2v) is 5.94. The quantitative estimate of drug-likeness (QED) is 0.866. The third-order valence-electron chi connectivity index (χ3n) is 3.70. The fourth-order valence-corrected chi connectivity index (χ4v) is 2.53. The van der Waals surface area contributed by atoms with Gasteiger partial charge in [-0.05, 0) is 54.9 Å². The maximum absolute atomic E-state index is 12.1. The maximum atomic E-state index is 12.1. The summed E-state index contributed by atoms with van der Waals surface area (Å²) in [5.74, 6) is 1.26. The number of hydrogen-bond acceptors (Lipinski definition) is 2. The lowest BCUT2D eigenvalue weighted by Crippen LogP contribution is -2.39. The Morgan fingerprint density at radius 1 is 1.30 bits per heavy atom. The largest absolute Gasteiger partial charge is 0.481 e. The van der Waals surface area contributed by atoms with Crippen molar-refractivity contribution in [2.24, 2.45) is 5.92 Å². The number of rotatable bonds is 6. The average Bonchev–Trinajstić information content (AvgIpc) is 2.89. The number of ether oxygens (including phenoxy) is 1. The zero-order valence-corrected chi connectivity index (χ0v) is 12.7. The molecule has 1 aliphatic rings. The van der Waals surface area contributed by atoms with E-state index >= 15 is 0 Å². The first-order chi connectivity index (χ1) is 9.60. The number of aryl methyl sites for hydroxylation is 2. The van der Waals surface area contributed by atoms with Crippen molar-refractivity contribution in [2.75, 3.05) is 6.54 Å². The molecule has 0 fully saturated rings. The summed E-state index contributed by atoms with van der Waals surface area (Å²) in [6.45, 7) is 6.85. The van der Waals surface area contributed by atoms with Gasteiger partial charge in [0.2, 0.25) is 0 Å². The van der Waals surface area contributed by atoms with Gasteiger partial charge in [-0.3, -0.25) is 4.79 Å². The summed E-state index contributed by atoms with van der Waals surface area (Å²) < 4.78 is 5.87. The van der Waals surface area contributed by atoms with Gasteiger partial charge in [0.15, 0.2) is 6.10 Å². The Morgan fingerprint density at radius 3 is 2.75 bits per heavy atom. The van der Waals surface area contributed by atoms with E-state index in [9.17, 15) is 4.79 Å². The van der Waals surface area contributed by atoms with Crippen LogP contribution in [0.5, 0.6) is 5.75 Å². The van der Waals surface area contributed by atoms with E-state index in [2.05, 4.69) is 31.3 Å². The maximum Gasteiger partial charge on any atom is 0.261 e. The van der Waals surface area contributed by atoms with Gasteiger partial charge in [-0.1, -0.05) is 26.8 Å². The van der Waals surface area contributed by atoms with E-state index in [1.54, 1.807) is 0 Å². The number of amides is 1. The summed E-state index contributed by atoms with van der Waals surface area (Å²) >= 11 is 0. The van der Waals surface area contributed by atoms with Crippen LogP contribution in [-0.2, 0) is 17.6 Å². The van der Waals surface area contributed by atoms with Crippen LogP contribution in [0.25, 0.3) is 0 Å². The molecule has 0 aromatic heterocycles. The highest BCUT2D eigenvalue weighted by Gasteiger charge is 2.19. The summed E-state index contributed by atoms with van der Waals surface area (Å²) in [6.07, 6.45) is 3.81. The van der Waals surface area contributed by atoms with E-state index in [1.807, 2.05) is 13.0 Å². The van der Waals surface area contributed by atoms with Crippen LogP contribution in [0.4, 0.5) is 0 Å². The summed E-state index contributed by atoms with van der Waals surface area (Å²) in [5.41, 5.74) is 2.80. The van der Waals surface area contributed by atoms with Gasteiger partial charge in [0.25, 0.3) is 5.91 Å². The second-order valence-electron chi connectivity index (χ2n) is 5.94.